The van der Waals surface area contributed by atoms with E-state index in [1.54, 1.807) is 12.4 Å². The molecule has 4 heterocycles. The molecule has 0 aliphatic carbocycles. The number of nitrogens with zero attached hydrogens (tertiary/aromatic N) is 4. The summed E-state index contributed by atoms with van der Waals surface area (Å²) in [5, 5.41) is 27.1. The summed E-state index contributed by atoms with van der Waals surface area (Å²) in [6.45, 7) is 28.6. The summed E-state index contributed by atoms with van der Waals surface area (Å²) in [6.07, 6.45) is 9.88. The van der Waals surface area contributed by atoms with Gasteiger partial charge in [0.15, 0.2) is 0 Å². The summed E-state index contributed by atoms with van der Waals surface area (Å²) in [5.41, 5.74) is 5.86. The van der Waals surface area contributed by atoms with Crippen LogP contribution in [0.3, 0.4) is 0 Å². The molecule has 1 aromatic heterocycles. The van der Waals surface area contributed by atoms with Crippen molar-refractivity contribution in [1.29, 1.82) is 10.8 Å². The van der Waals surface area contributed by atoms with Crippen molar-refractivity contribution in [2.45, 2.75) is 108 Å². The van der Waals surface area contributed by atoms with Crippen LogP contribution in [0.15, 0.2) is 25.0 Å². The molecule has 9 atom stereocenters. The number of aliphatic hydroxyl groups excluding tert-OH is 1. The number of hydrogen-bond donors (Lipinski definition) is 3. The van der Waals surface area contributed by atoms with Gasteiger partial charge in [0.05, 0.1) is 61.7 Å². The first-order valence-electron chi connectivity index (χ1n) is 14.6. The summed E-state index contributed by atoms with van der Waals surface area (Å²) in [5.74, 6) is 0. The van der Waals surface area contributed by atoms with E-state index in [1.165, 1.54) is 6.08 Å². The quantitative estimate of drug-likeness (QED) is 0.107. The number of hydrogen-bond acceptors (Lipinski definition) is 12. The second-order valence-electron chi connectivity index (χ2n) is 10.1. The minimum absolute atomic E-state index is 0. The van der Waals surface area contributed by atoms with Crippen LogP contribution < -0.4 is 5.73 Å². The fourth-order valence-corrected chi connectivity index (χ4v) is 4.03. The molecule has 3 aliphatic rings. The van der Waals surface area contributed by atoms with Gasteiger partial charge < -0.3 is 64.9 Å². The Balaban J connectivity index is -0.000000163. The van der Waals surface area contributed by atoms with E-state index in [2.05, 4.69) is 42.4 Å². The van der Waals surface area contributed by atoms with Gasteiger partial charge in [0.25, 0.3) is 0 Å². The van der Waals surface area contributed by atoms with Gasteiger partial charge in [-0.15, -0.1) is 0 Å². The van der Waals surface area contributed by atoms with Crippen LogP contribution in [0.5, 0.6) is 0 Å². The van der Waals surface area contributed by atoms with E-state index < -0.39 is 0 Å². The van der Waals surface area contributed by atoms with Crippen molar-refractivity contribution in [3.05, 3.63) is 57.2 Å². The van der Waals surface area contributed by atoms with Crippen LogP contribution in [0.4, 0.5) is 5.69 Å². The van der Waals surface area contributed by atoms with Crippen LogP contribution in [-0.4, -0.2) is 103 Å². The van der Waals surface area contributed by atoms with E-state index in [9.17, 15) is 4.79 Å². The van der Waals surface area contributed by atoms with E-state index >= 15 is 0 Å². The van der Waals surface area contributed by atoms with Crippen molar-refractivity contribution in [2.24, 2.45) is 0 Å². The Labute approximate surface area is 362 Å². The molecule has 4 rings (SSSR count). The van der Waals surface area contributed by atoms with Gasteiger partial charge in [-0.05, 0) is 64.4 Å². The number of H-pyrrole nitrogens is 1. The average molecular weight is 903 g/mol. The Morgan fingerprint density at radius 2 is 1.46 bits per heavy atom. The SMILES string of the molecule is C=CC=O.N#N.Nc1cn[nH]c1.[C-]#[N+]CCCO[C@@H]1C[C@H](C)O[C@@H]1[CH2-].[CH2-][C@H]1O[C@@H](C)C[C@H]1O.[CH2-][C@H]1O[C@@H](C)C[C@H]1OCCC=O.[Y].[Y].[Y]. The first-order valence-corrected chi connectivity index (χ1v) is 14.6. The maximum atomic E-state index is 10.00. The largest absolute Gasteiger partial charge is 0.405 e. The Morgan fingerprint density at radius 3 is 1.71 bits per heavy atom. The Kier molecular flexibility index (Phi) is 45.8. The van der Waals surface area contributed by atoms with Gasteiger partial charge in [0.2, 0.25) is 6.54 Å². The summed E-state index contributed by atoms with van der Waals surface area (Å²) in [6, 6.07) is 0. The van der Waals surface area contributed by atoms with Crippen molar-refractivity contribution in [1.82, 2.24) is 10.2 Å². The van der Waals surface area contributed by atoms with Crippen molar-refractivity contribution in [3.63, 3.8) is 0 Å². The fraction of sp³-hybridized carbons (Fsp3) is 0.645. The number of aromatic nitrogens is 2. The molecule has 48 heavy (non-hydrogen) atoms. The number of aromatic amines is 1. The second kappa shape index (κ2) is 38.3. The maximum absolute atomic E-state index is 10.00. The molecule has 0 aromatic carbocycles. The second-order valence-corrected chi connectivity index (χ2v) is 10.1. The molecule has 3 saturated heterocycles. The van der Waals surface area contributed by atoms with Gasteiger partial charge in [-0.2, -0.15) is 5.10 Å². The third kappa shape index (κ3) is 30.9. The third-order valence-corrected chi connectivity index (χ3v) is 6.11. The molecular weight excluding hydrogens is 851 g/mol. The molecule has 1 aromatic rings. The van der Waals surface area contributed by atoms with Crippen LogP contribution in [0.25, 0.3) is 4.85 Å². The molecule has 0 amide bonds. The van der Waals surface area contributed by atoms with Gasteiger partial charge in [0.1, 0.15) is 12.6 Å². The number of allylic oxidation sites excluding steroid dienone is 1. The smallest absolute Gasteiger partial charge is 0.216 e. The van der Waals surface area contributed by atoms with Gasteiger partial charge >= 0.3 is 0 Å². The first kappa shape index (κ1) is 57.4. The standard InChI is InChI=1S/C10H16NO2.C9H15O3.C6H11O2.C3H5N3.C3H4O.N2.3Y/c1-8-7-10(9(2)13-8)12-6-4-5-11-3;1-7-6-9(8(2)12-7)11-5-3-4-10;1-4-3-6(7)5(2)8-4;4-3-1-5-6-2-3;1-2-3-4;1-2;;;/h8-10H,2,4-7H2,1H3;4,7-9H,2-3,5-6H2,1H3;4-7H,2-3H2,1H3;1-2H,4H2,(H,5,6);2-3H,1H2;;;;/q3*-1;;;;;;/t8-,9+,10+;7-,8+,9+;4-,5+,6+;;;;;;/m000....../s1. The zero-order valence-electron chi connectivity index (χ0n) is 28.5. The number of anilines is 1. The van der Waals surface area contributed by atoms with E-state index in [0.717, 1.165) is 32.0 Å². The van der Waals surface area contributed by atoms with Gasteiger partial charge in [-0.3, -0.25) is 9.89 Å². The summed E-state index contributed by atoms with van der Waals surface area (Å²) >= 11 is 0. The predicted octanol–water partition coefficient (Wildman–Crippen LogP) is 3.41. The van der Waals surface area contributed by atoms with Crippen molar-refractivity contribution < 1.29 is 137 Å². The van der Waals surface area contributed by atoms with E-state index in [0.29, 0.717) is 38.2 Å². The molecule has 0 unspecified atom stereocenters. The number of nitrogens with one attached hydrogen (secondary N) is 1. The Morgan fingerprint density at radius 1 is 1.00 bits per heavy atom. The van der Waals surface area contributed by atoms with Crippen LogP contribution in [0.1, 0.15) is 52.9 Å². The molecule has 4 N–H and O–H groups in total. The molecule has 17 heteroatoms. The number of rotatable bonds is 9. The molecule has 0 spiro atoms. The van der Waals surface area contributed by atoms with Crippen LogP contribution in [0, 0.1) is 38.1 Å². The Bertz CT molecular complexity index is 929. The number of carbonyl (C=O) groups excluding carboxylic acids is 2. The predicted molar refractivity (Wildman–Crippen MR) is 168 cm³/mol. The molecule has 0 saturated carbocycles. The van der Waals surface area contributed by atoms with Crippen LogP contribution in [0.2, 0.25) is 0 Å². The molecule has 3 fully saturated rings. The van der Waals surface area contributed by atoms with Crippen LogP contribution in [-0.2, 0) is 131 Å². The number of ether oxygens (including phenoxy) is 5. The monoisotopic (exact) mass is 902 g/mol. The third-order valence-electron chi connectivity index (χ3n) is 6.11. The number of carbonyl (C=O) groups is 2. The molecule has 14 nitrogen and oxygen atoms in total. The van der Waals surface area contributed by atoms with E-state index in [4.69, 9.17) is 56.7 Å². The number of aldehydes is 2. The van der Waals surface area contributed by atoms with Crippen molar-refractivity contribution >= 4 is 18.3 Å². The first-order chi connectivity index (χ1) is 21.5. The minimum atomic E-state index is -0.343. The zero-order valence-corrected chi connectivity index (χ0v) is 37.0. The van der Waals surface area contributed by atoms with Crippen molar-refractivity contribution in [3.8, 4) is 0 Å². The maximum Gasteiger partial charge on any atom is 0.216 e. The number of aliphatic hydroxyl groups is 1. The average Bonchev–Trinajstić information content (AvgIpc) is 3.77. The summed E-state index contributed by atoms with van der Waals surface area (Å²) < 4.78 is 26.9. The van der Waals surface area contributed by atoms with Crippen LogP contribution >= 0.6 is 0 Å². The van der Waals surface area contributed by atoms with Gasteiger partial charge in [-0.25, -0.2) is 6.57 Å². The van der Waals surface area contributed by atoms with E-state index in [1.807, 2.05) is 20.8 Å². The summed E-state index contributed by atoms with van der Waals surface area (Å²) in [4.78, 5) is 22.3. The van der Waals surface area contributed by atoms with E-state index in [-0.39, 0.29) is 153 Å². The number of nitrogens with two attached hydrogens (primary N) is 1. The molecule has 3 radical (unpaired) electrons. The van der Waals surface area contributed by atoms with Gasteiger partial charge in [0, 0.05) is 128 Å². The molecular formula is C31H51N6O8Y3-3. The molecule has 3 aliphatic heterocycles. The Hall–Kier alpha value is 0.0717. The molecule has 0 bridgehead atoms. The zero-order chi connectivity index (χ0) is 34.6. The summed E-state index contributed by atoms with van der Waals surface area (Å²) in [7, 11) is 0. The minimum Gasteiger partial charge on any atom is -0.405 e. The fourth-order valence-electron chi connectivity index (χ4n) is 4.03. The van der Waals surface area contributed by atoms with Gasteiger partial charge in [-0.1, -0.05) is 6.58 Å². The normalized spacial score (nSPS) is 27.3. The number of nitrogen functional groups attached to an aromatic ring is 1. The topological polar surface area (TPSA) is 207 Å². The van der Waals surface area contributed by atoms with Crippen molar-refractivity contribution in [2.75, 3.05) is 25.5 Å². The molecule has 265 valence electrons.